The predicted molar refractivity (Wildman–Crippen MR) is 76.6 cm³/mol. The summed E-state index contributed by atoms with van der Waals surface area (Å²) in [5.74, 6) is -0.538. The number of rotatable bonds is 5. The van der Waals surface area contributed by atoms with Gasteiger partial charge < -0.3 is 4.74 Å². The molecule has 1 heterocycles. The Morgan fingerprint density at radius 1 is 1.20 bits per heavy atom. The lowest BCUT2D eigenvalue weighted by Crippen LogP contribution is -2.14. The summed E-state index contributed by atoms with van der Waals surface area (Å²) in [6.45, 7) is 4.18. The minimum atomic E-state index is -0.736. The van der Waals surface area contributed by atoms with Gasteiger partial charge in [0.05, 0.1) is 12.4 Å². The topological polar surface area (TPSA) is 9.23 Å². The van der Waals surface area contributed by atoms with Crippen LogP contribution in [-0.2, 0) is 4.74 Å². The molecule has 0 spiro atoms. The van der Waals surface area contributed by atoms with E-state index >= 15 is 0 Å². The Bertz CT molecular complexity index is 494. The quantitative estimate of drug-likeness (QED) is 0.670. The number of halogens is 2. The number of unbranched alkanes of at least 4 members (excludes halogenated alkanes) is 2. The molecule has 0 aliphatic carbocycles. The van der Waals surface area contributed by atoms with Crippen LogP contribution in [0, 0.1) is 18.6 Å². The maximum absolute atomic E-state index is 13.9. The number of hydrogen-bond acceptors (Lipinski definition) is 1. The van der Waals surface area contributed by atoms with E-state index in [4.69, 9.17) is 4.74 Å². The van der Waals surface area contributed by atoms with Crippen molar-refractivity contribution in [2.45, 2.75) is 51.9 Å². The molecule has 0 aromatic heterocycles. The summed E-state index contributed by atoms with van der Waals surface area (Å²) in [6.07, 6.45) is 7.21. The van der Waals surface area contributed by atoms with Gasteiger partial charge >= 0.3 is 0 Å². The second-order valence-corrected chi connectivity index (χ2v) is 5.47. The number of hydrogen-bond donors (Lipinski definition) is 0. The van der Waals surface area contributed by atoms with Gasteiger partial charge in [-0.15, -0.1) is 0 Å². The molecule has 20 heavy (non-hydrogen) atoms. The highest BCUT2D eigenvalue weighted by atomic mass is 19.2. The van der Waals surface area contributed by atoms with Gasteiger partial charge in [0.1, 0.15) is 0 Å². The normalized spacial score (nSPS) is 18.6. The van der Waals surface area contributed by atoms with Gasteiger partial charge in [0.2, 0.25) is 0 Å². The third kappa shape index (κ3) is 3.38. The molecule has 0 fully saturated rings. The fraction of sp³-hybridized carbons (Fsp3) is 0.529. The van der Waals surface area contributed by atoms with Gasteiger partial charge in [0, 0.05) is 12.3 Å². The zero-order chi connectivity index (χ0) is 14.5. The monoisotopic (exact) mass is 280 g/mol. The fourth-order valence-corrected chi connectivity index (χ4v) is 2.52. The largest absolute Gasteiger partial charge is 0.498 e. The second kappa shape index (κ2) is 6.87. The molecule has 1 nitrogen and oxygen atoms in total. The van der Waals surface area contributed by atoms with E-state index in [9.17, 15) is 8.78 Å². The third-order valence-electron chi connectivity index (χ3n) is 3.87. The van der Waals surface area contributed by atoms with Crippen LogP contribution in [0.4, 0.5) is 8.78 Å². The molecule has 3 heteroatoms. The Morgan fingerprint density at radius 2 is 2.00 bits per heavy atom. The summed E-state index contributed by atoms with van der Waals surface area (Å²) < 4.78 is 33.2. The Balaban J connectivity index is 2.02. The Hall–Kier alpha value is -1.38. The summed E-state index contributed by atoms with van der Waals surface area (Å²) in [4.78, 5) is 0. The lowest BCUT2D eigenvalue weighted by Gasteiger charge is -2.24. The van der Waals surface area contributed by atoms with Gasteiger partial charge in [0.25, 0.3) is 0 Å². The second-order valence-electron chi connectivity index (χ2n) is 5.47. The van der Waals surface area contributed by atoms with E-state index in [1.165, 1.54) is 12.8 Å². The third-order valence-corrected chi connectivity index (χ3v) is 3.87. The van der Waals surface area contributed by atoms with Crippen molar-refractivity contribution in [1.29, 1.82) is 0 Å². The molecule has 110 valence electrons. The Morgan fingerprint density at radius 3 is 2.65 bits per heavy atom. The van der Waals surface area contributed by atoms with Crippen LogP contribution >= 0.6 is 0 Å². The first-order valence-corrected chi connectivity index (χ1v) is 7.39. The van der Waals surface area contributed by atoms with E-state index in [1.807, 2.05) is 6.08 Å². The van der Waals surface area contributed by atoms with E-state index in [0.717, 1.165) is 25.0 Å². The maximum Gasteiger partial charge on any atom is 0.162 e. The van der Waals surface area contributed by atoms with Gasteiger partial charge in [-0.1, -0.05) is 31.9 Å². The van der Waals surface area contributed by atoms with Crippen LogP contribution in [0.5, 0.6) is 0 Å². The van der Waals surface area contributed by atoms with Gasteiger partial charge in [-0.2, -0.15) is 0 Å². The zero-order valence-electron chi connectivity index (χ0n) is 12.2. The minimum Gasteiger partial charge on any atom is -0.498 e. The highest BCUT2D eigenvalue weighted by Crippen LogP contribution is 2.31. The summed E-state index contributed by atoms with van der Waals surface area (Å²) in [7, 11) is 0. The molecule has 1 aliphatic rings. The van der Waals surface area contributed by atoms with Crippen molar-refractivity contribution in [3.63, 3.8) is 0 Å². The maximum atomic E-state index is 13.9. The first-order valence-electron chi connectivity index (χ1n) is 7.39. The van der Waals surface area contributed by atoms with Crippen molar-refractivity contribution in [1.82, 2.24) is 0 Å². The van der Waals surface area contributed by atoms with Gasteiger partial charge in [-0.25, -0.2) is 8.78 Å². The van der Waals surface area contributed by atoms with Crippen LogP contribution in [0.25, 0.3) is 0 Å². The summed E-state index contributed by atoms with van der Waals surface area (Å²) >= 11 is 0. The molecule has 0 amide bonds. The molecular formula is C17H22F2O. The molecule has 0 saturated heterocycles. The Labute approximate surface area is 119 Å². The Kier molecular flexibility index (Phi) is 5.16. The molecule has 0 bridgehead atoms. The molecule has 2 rings (SSSR count). The average molecular weight is 280 g/mol. The number of aryl methyl sites for hydroxylation is 1. The predicted octanol–water partition coefficient (Wildman–Crippen LogP) is 5.24. The van der Waals surface area contributed by atoms with E-state index in [1.54, 1.807) is 19.1 Å². The van der Waals surface area contributed by atoms with Crippen molar-refractivity contribution in [2.24, 2.45) is 0 Å². The first-order chi connectivity index (χ1) is 9.63. The SMILES string of the molecule is CCCCCC1=CCC(c2ccc(C)c(F)c2F)CO1. The van der Waals surface area contributed by atoms with Crippen molar-refractivity contribution < 1.29 is 13.5 Å². The van der Waals surface area contributed by atoms with E-state index < -0.39 is 11.6 Å². The highest BCUT2D eigenvalue weighted by molar-refractivity contribution is 5.29. The minimum absolute atomic E-state index is 0.0833. The van der Waals surface area contributed by atoms with Gasteiger partial charge in [-0.05, 0) is 37.0 Å². The molecule has 1 aromatic rings. The molecule has 0 saturated carbocycles. The van der Waals surface area contributed by atoms with E-state index in [0.29, 0.717) is 17.7 Å². The number of benzene rings is 1. The van der Waals surface area contributed by atoms with E-state index in [2.05, 4.69) is 6.92 Å². The molecule has 0 radical (unpaired) electrons. The van der Waals surface area contributed by atoms with Crippen molar-refractivity contribution >= 4 is 0 Å². The lowest BCUT2D eigenvalue weighted by molar-refractivity contribution is 0.163. The van der Waals surface area contributed by atoms with Crippen LogP contribution in [-0.4, -0.2) is 6.61 Å². The summed E-state index contributed by atoms with van der Waals surface area (Å²) in [5, 5.41) is 0. The molecule has 0 N–H and O–H groups in total. The van der Waals surface area contributed by atoms with Crippen molar-refractivity contribution in [2.75, 3.05) is 6.61 Å². The van der Waals surface area contributed by atoms with Crippen molar-refractivity contribution in [3.05, 3.63) is 46.7 Å². The van der Waals surface area contributed by atoms with Crippen LogP contribution in [0.15, 0.2) is 24.0 Å². The first kappa shape index (κ1) is 15.0. The standard InChI is InChI=1S/C17H22F2O/c1-3-4-5-6-14-9-8-13(11-20-14)15-10-7-12(2)16(18)17(15)19/h7,9-10,13H,3-6,8,11H2,1-2H3. The van der Waals surface area contributed by atoms with Gasteiger partial charge in [-0.3, -0.25) is 0 Å². The zero-order valence-corrected chi connectivity index (χ0v) is 12.2. The average Bonchev–Trinajstić information content (AvgIpc) is 2.46. The number of ether oxygens (including phenoxy) is 1. The smallest absolute Gasteiger partial charge is 0.162 e. The van der Waals surface area contributed by atoms with Gasteiger partial charge in [0.15, 0.2) is 11.6 Å². The molecule has 1 atom stereocenters. The van der Waals surface area contributed by atoms with Crippen LogP contribution in [0.1, 0.15) is 56.1 Å². The van der Waals surface area contributed by atoms with Crippen LogP contribution in [0.3, 0.4) is 0 Å². The summed E-state index contributed by atoms with van der Waals surface area (Å²) in [6, 6.07) is 3.31. The summed E-state index contributed by atoms with van der Waals surface area (Å²) in [5.41, 5.74) is 0.774. The van der Waals surface area contributed by atoms with Crippen LogP contribution < -0.4 is 0 Å². The highest BCUT2D eigenvalue weighted by Gasteiger charge is 2.22. The molecule has 1 aromatic carbocycles. The fourth-order valence-electron chi connectivity index (χ4n) is 2.52. The van der Waals surface area contributed by atoms with E-state index in [-0.39, 0.29) is 5.92 Å². The van der Waals surface area contributed by atoms with Crippen LogP contribution in [0.2, 0.25) is 0 Å². The molecular weight excluding hydrogens is 258 g/mol. The number of allylic oxidation sites excluding steroid dienone is 2. The molecule has 1 unspecified atom stereocenters. The lowest BCUT2D eigenvalue weighted by atomic mass is 9.92. The van der Waals surface area contributed by atoms with Crippen molar-refractivity contribution in [3.8, 4) is 0 Å². The molecule has 1 aliphatic heterocycles.